The molecule has 2 heteroatoms. The van der Waals surface area contributed by atoms with Crippen molar-refractivity contribution < 1.29 is 4.74 Å². The molecule has 1 unspecified atom stereocenters. The summed E-state index contributed by atoms with van der Waals surface area (Å²) in [5.74, 6) is 0. The molecule has 0 aromatic rings. The van der Waals surface area contributed by atoms with Crippen LogP contribution in [0.2, 0.25) is 0 Å². The van der Waals surface area contributed by atoms with Gasteiger partial charge in [-0.05, 0) is 51.0 Å². The van der Waals surface area contributed by atoms with Gasteiger partial charge in [0.2, 0.25) is 0 Å². The molecule has 0 aromatic carbocycles. The molecule has 0 bridgehead atoms. The van der Waals surface area contributed by atoms with E-state index in [2.05, 4.69) is 12.4 Å². The molecule has 2 aliphatic rings. The maximum atomic E-state index is 5.66. The third-order valence-electron chi connectivity index (χ3n) is 4.22. The fourth-order valence-corrected chi connectivity index (χ4v) is 3.14. The Morgan fingerprint density at radius 2 is 2.20 bits per heavy atom. The molecule has 1 aliphatic carbocycles. The fraction of sp³-hybridized carbons (Fsp3) is 1.00. The molecule has 0 aromatic heterocycles. The normalized spacial score (nSPS) is 29.0. The molecule has 2 fully saturated rings. The van der Waals surface area contributed by atoms with Crippen LogP contribution in [0.25, 0.3) is 0 Å². The highest BCUT2D eigenvalue weighted by molar-refractivity contribution is 4.89. The molecule has 2 nitrogen and oxygen atoms in total. The Bertz CT molecular complexity index is 183. The number of rotatable bonds is 6. The van der Waals surface area contributed by atoms with Gasteiger partial charge in [-0.15, -0.1) is 0 Å². The molecular formula is C13H25NO. The fourth-order valence-electron chi connectivity index (χ4n) is 3.14. The molecule has 1 heterocycles. The first-order valence-electron chi connectivity index (χ1n) is 6.61. The number of hydrogen-bond donors (Lipinski definition) is 1. The lowest BCUT2D eigenvalue weighted by atomic mass is 9.66. The van der Waals surface area contributed by atoms with Crippen LogP contribution < -0.4 is 5.32 Å². The summed E-state index contributed by atoms with van der Waals surface area (Å²) in [7, 11) is 2.08. The second-order valence-electron chi connectivity index (χ2n) is 5.41. The summed E-state index contributed by atoms with van der Waals surface area (Å²) in [6.45, 7) is 2.23. The summed E-state index contributed by atoms with van der Waals surface area (Å²) in [5.41, 5.74) is 0.660. The minimum Gasteiger partial charge on any atom is -0.378 e. The maximum Gasteiger partial charge on any atom is 0.0576 e. The van der Waals surface area contributed by atoms with Gasteiger partial charge >= 0.3 is 0 Å². The van der Waals surface area contributed by atoms with E-state index in [1.54, 1.807) is 0 Å². The van der Waals surface area contributed by atoms with Crippen LogP contribution in [0.1, 0.15) is 51.4 Å². The van der Waals surface area contributed by atoms with Crippen molar-refractivity contribution in [3.05, 3.63) is 0 Å². The Labute approximate surface area is 93.8 Å². The lowest BCUT2D eigenvalue weighted by Crippen LogP contribution is -2.38. The quantitative estimate of drug-likeness (QED) is 0.729. The van der Waals surface area contributed by atoms with Crippen LogP contribution in [-0.2, 0) is 4.74 Å². The van der Waals surface area contributed by atoms with Crippen molar-refractivity contribution >= 4 is 0 Å². The molecule has 0 amide bonds. The molecule has 0 spiro atoms. The standard InChI is InChI=1S/C13H25NO/c1-14-11-13(8-4-9-13)7-2-5-12-6-3-10-15-12/h12,14H,2-11H2,1H3. The van der Waals surface area contributed by atoms with E-state index in [9.17, 15) is 0 Å². The van der Waals surface area contributed by atoms with E-state index >= 15 is 0 Å². The van der Waals surface area contributed by atoms with Crippen LogP contribution in [0, 0.1) is 5.41 Å². The van der Waals surface area contributed by atoms with Crippen molar-refractivity contribution in [1.82, 2.24) is 5.32 Å². The molecular weight excluding hydrogens is 186 g/mol. The molecule has 0 radical (unpaired) electrons. The van der Waals surface area contributed by atoms with Crippen molar-refractivity contribution in [1.29, 1.82) is 0 Å². The van der Waals surface area contributed by atoms with Crippen molar-refractivity contribution in [2.75, 3.05) is 20.2 Å². The highest BCUT2D eigenvalue weighted by Gasteiger charge is 2.35. The highest BCUT2D eigenvalue weighted by Crippen LogP contribution is 2.44. The monoisotopic (exact) mass is 211 g/mol. The summed E-state index contributed by atoms with van der Waals surface area (Å²) in [5, 5.41) is 3.36. The van der Waals surface area contributed by atoms with E-state index in [4.69, 9.17) is 4.74 Å². The summed E-state index contributed by atoms with van der Waals surface area (Å²) in [6.07, 6.45) is 11.6. The van der Waals surface area contributed by atoms with Crippen LogP contribution in [0.5, 0.6) is 0 Å². The van der Waals surface area contributed by atoms with Gasteiger partial charge in [0.25, 0.3) is 0 Å². The van der Waals surface area contributed by atoms with Crippen molar-refractivity contribution in [2.24, 2.45) is 5.41 Å². The van der Waals surface area contributed by atoms with Gasteiger partial charge in [0.05, 0.1) is 6.10 Å². The Morgan fingerprint density at radius 3 is 2.73 bits per heavy atom. The predicted molar refractivity (Wildman–Crippen MR) is 63.0 cm³/mol. The first-order valence-corrected chi connectivity index (χ1v) is 6.61. The predicted octanol–water partition coefficient (Wildman–Crippen LogP) is 2.73. The van der Waals surface area contributed by atoms with E-state index in [1.807, 2.05) is 0 Å². The van der Waals surface area contributed by atoms with Gasteiger partial charge in [0.15, 0.2) is 0 Å². The molecule has 1 N–H and O–H groups in total. The van der Waals surface area contributed by atoms with Crippen molar-refractivity contribution in [2.45, 2.75) is 57.5 Å². The minimum atomic E-state index is 0.594. The summed E-state index contributed by atoms with van der Waals surface area (Å²) >= 11 is 0. The second kappa shape index (κ2) is 5.31. The van der Waals surface area contributed by atoms with E-state index in [0.717, 1.165) is 6.61 Å². The minimum absolute atomic E-state index is 0.594. The lowest BCUT2D eigenvalue weighted by molar-refractivity contribution is 0.0813. The van der Waals surface area contributed by atoms with Crippen molar-refractivity contribution in [3.63, 3.8) is 0 Å². The SMILES string of the molecule is CNCC1(CCCC2CCCO2)CCC1. The summed E-state index contributed by atoms with van der Waals surface area (Å²) in [6, 6.07) is 0. The van der Waals surface area contributed by atoms with E-state index in [1.165, 1.54) is 57.9 Å². The Morgan fingerprint density at radius 1 is 1.33 bits per heavy atom. The lowest BCUT2D eigenvalue weighted by Gasteiger charge is -2.42. The first-order chi connectivity index (χ1) is 7.35. The van der Waals surface area contributed by atoms with Crippen LogP contribution in [0.4, 0.5) is 0 Å². The van der Waals surface area contributed by atoms with E-state index < -0.39 is 0 Å². The third kappa shape index (κ3) is 2.94. The topological polar surface area (TPSA) is 21.3 Å². The first kappa shape index (κ1) is 11.4. The van der Waals surface area contributed by atoms with Crippen LogP contribution in [-0.4, -0.2) is 26.3 Å². The number of nitrogens with one attached hydrogen (secondary N) is 1. The maximum absolute atomic E-state index is 5.66. The van der Waals surface area contributed by atoms with Gasteiger partial charge in [-0.3, -0.25) is 0 Å². The Balaban J connectivity index is 1.63. The van der Waals surface area contributed by atoms with Crippen LogP contribution in [0.3, 0.4) is 0 Å². The smallest absolute Gasteiger partial charge is 0.0576 e. The van der Waals surface area contributed by atoms with Crippen molar-refractivity contribution in [3.8, 4) is 0 Å². The van der Waals surface area contributed by atoms with E-state index in [0.29, 0.717) is 11.5 Å². The van der Waals surface area contributed by atoms with Gasteiger partial charge in [0, 0.05) is 13.2 Å². The van der Waals surface area contributed by atoms with E-state index in [-0.39, 0.29) is 0 Å². The highest BCUT2D eigenvalue weighted by atomic mass is 16.5. The third-order valence-corrected chi connectivity index (χ3v) is 4.22. The molecule has 1 aliphatic heterocycles. The van der Waals surface area contributed by atoms with Gasteiger partial charge < -0.3 is 10.1 Å². The Hall–Kier alpha value is -0.0800. The van der Waals surface area contributed by atoms with Gasteiger partial charge in [0.1, 0.15) is 0 Å². The Kier molecular flexibility index (Phi) is 4.04. The molecule has 1 atom stereocenters. The number of ether oxygens (including phenoxy) is 1. The second-order valence-corrected chi connectivity index (χ2v) is 5.41. The molecule has 15 heavy (non-hydrogen) atoms. The average molecular weight is 211 g/mol. The zero-order chi connectivity index (χ0) is 10.6. The average Bonchev–Trinajstić information content (AvgIpc) is 2.67. The molecule has 88 valence electrons. The van der Waals surface area contributed by atoms with Crippen LogP contribution in [0.15, 0.2) is 0 Å². The zero-order valence-corrected chi connectivity index (χ0v) is 10.1. The molecule has 1 saturated carbocycles. The molecule has 1 saturated heterocycles. The largest absolute Gasteiger partial charge is 0.378 e. The zero-order valence-electron chi connectivity index (χ0n) is 10.1. The van der Waals surface area contributed by atoms with Gasteiger partial charge in [-0.1, -0.05) is 12.8 Å². The van der Waals surface area contributed by atoms with Gasteiger partial charge in [-0.25, -0.2) is 0 Å². The van der Waals surface area contributed by atoms with Crippen LogP contribution >= 0.6 is 0 Å². The van der Waals surface area contributed by atoms with Gasteiger partial charge in [-0.2, -0.15) is 0 Å². The summed E-state index contributed by atoms with van der Waals surface area (Å²) in [4.78, 5) is 0. The summed E-state index contributed by atoms with van der Waals surface area (Å²) < 4.78 is 5.66. The number of hydrogen-bond acceptors (Lipinski definition) is 2. The molecule has 2 rings (SSSR count).